The summed E-state index contributed by atoms with van der Waals surface area (Å²) in [6, 6.07) is 0. The van der Waals surface area contributed by atoms with Gasteiger partial charge in [0.1, 0.15) is 0 Å². The van der Waals surface area contributed by atoms with Crippen LogP contribution in [0.15, 0.2) is 0 Å². The monoisotopic (exact) mass is 280 g/mol. The molecule has 84 valence electrons. The summed E-state index contributed by atoms with van der Waals surface area (Å²) in [4.78, 5) is 0. The molecule has 0 atom stereocenters. The van der Waals surface area contributed by atoms with E-state index in [9.17, 15) is 0 Å². The average molecular weight is 281 g/mol. The van der Waals surface area contributed by atoms with Crippen LogP contribution in [0.2, 0.25) is 5.54 Å². The maximum Gasteiger partial charge on any atom is 0.417 e. The van der Waals surface area contributed by atoms with Gasteiger partial charge in [-0.25, -0.2) is 0 Å². The second-order valence-corrected chi connectivity index (χ2v) is 9.66. The largest absolute Gasteiger partial charge is 0.417 e. The van der Waals surface area contributed by atoms with Crippen LogP contribution in [-0.4, -0.2) is 20.4 Å². The van der Waals surface area contributed by atoms with Gasteiger partial charge < -0.3 is 8.85 Å². The molecular formula is C10H21BrO2Si. The Morgan fingerprint density at radius 2 is 1.57 bits per heavy atom. The van der Waals surface area contributed by atoms with Gasteiger partial charge in [-0.1, -0.05) is 34.6 Å². The Bertz CT molecular complexity index is 154. The number of rotatable bonds is 5. The van der Waals surface area contributed by atoms with Crippen LogP contribution in [-0.2, 0) is 8.85 Å². The fourth-order valence-corrected chi connectivity index (χ4v) is 7.31. The van der Waals surface area contributed by atoms with Gasteiger partial charge in [-0.3, -0.25) is 0 Å². The van der Waals surface area contributed by atoms with Gasteiger partial charge >= 0.3 is 7.18 Å². The summed E-state index contributed by atoms with van der Waals surface area (Å²) >= 11 is 3.76. The summed E-state index contributed by atoms with van der Waals surface area (Å²) in [5.74, 6) is 0. The fraction of sp³-hybridized carbons (Fsp3) is 1.00. The molecule has 0 aromatic carbocycles. The minimum atomic E-state index is -2.04. The highest BCUT2D eigenvalue weighted by atomic mass is 79.9. The zero-order valence-electron chi connectivity index (χ0n) is 9.22. The van der Waals surface area contributed by atoms with E-state index in [2.05, 4.69) is 15.3 Å². The molecule has 2 nitrogen and oxygen atoms in total. The molecule has 0 amide bonds. The number of hydrogen-bond donors (Lipinski definition) is 0. The lowest BCUT2D eigenvalue weighted by Gasteiger charge is -2.34. The molecular weight excluding hydrogens is 260 g/mol. The van der Waals surface area contributed by atoms with Gasteiger partial charge in [0, 0.05) is 18.8 Å². The molecule has 1 aliphatic carbocycles. The van der Waals surface area contributed by atoms with E-state index < -0.39 is 7.18 Å². The smallest absolute Gasteiger partial charge is 0.386 e. The average Bonchev–Trinajstić information content (AvgIpc) is 2.20. The first-order chi connectivity index (χ1) is 6.73. The lowest BCUT2D eigenvalue weighted by molar-refractivity contribution is 0.189. The molecule has 0 spiro atoms. The molecule has 1 fully saturated rings. The number of halogens is 1. The summed E-state index contributed by atoms with van der Waals surface area (Å²) < 4.78 is 11.7. The number of hydrogen-bond acceptors (Lipinski definition) is 2. The van der Waals surface area contributed by atoms with Crippen molar-refractivity contribution in [2.24, 2.45) is 0 Å². The summed E-state index contributed by atoms with van der Waals surface area (Å²) in [6.45, 7) is 5.61. The topological polar surface area (TPSA) is 18.5 Å². The molecule has 0 aromatic rings. The van der Waals surface area contributed by atoms with E-state index in [0.717, 1.165) is 13.2 Å². The summed E-state index contributed by atoms with van der Waals surface area (Å²) in [5, 5.41) is 0. The molecule has 1 saturated carbocycles. The van der Waals surface area contributed by atoms with Crippen molar-refractivity contribution in [3.8, 4) is 0 Å². The van der Waals surface area contributed by atoms with Crippen LogP contribution in [0.25, 0.3) is 0 Å². The van der Waals surface area contributed by atoms with Gasteiger partial charge in [-0.15, -0.1) is 0 Å². The fourth-order valence-electron chi connectivity index (χ4n) is 2.12. The van der Waals surface area contributed by atoms with Crippen molar-refractivity contribution in [3.63, 3.8) is 0 Å². The standard InChI is InChI=1S/C10H21BrO2Si/c1-3-12-14(11,13-4-2)10-8-6-5-7-9-10/h10H,3-9H2,1-2H3. The summed E-state index contributed by atoms with van der Waals surface area (Å²) in [6.07, 6.45) is 6.61. The van der Waals surface area contributed by atoms with Gasteiger partial charge in [0.25, 0.3) is 0 Å². The first-order valence-electron chi connectivity index (χ1n) is 5.69. The summed E-state index contributed by atoms with van der Waals surface area (Å²) in [7, 11) is -2.04. The van der Waals surface area contributed by atoms with Crippen LogP contribution in [0.5, 0.6) is 0 Å². The van der Waals surface area contributed by atoms with Crippen molar-refractivity contribution >= 4 is 22.5 Å². The molecule has 0 heterocycles. The predicted molar refractivity (Wildman–Crippen MR) is 64.8 cm³/mol. The minimum absolute atomic E-state index is 0.649. The second kappa shape index (κ2) is 6.25. The van der Waals surface area contributed by atoms with Crippen molar-refractivity contribution in [1.82, 2.24) is 0 Å². The Kier molecular flexibility index (Phi) is 5.67. The van der Waals surface area contributed by atoms with E-state index in [4.69, 9.17) is 8.85 Å². The van der Waals surface area contributed by atoms with E-state index >= 15 is 0 Å². The Morgan fingerprint density at radius 3 is 2.00 bits per heavy atom. The summed E-state index contributed by atoms with van der Waals surface area (Å²) in [5.41, 5.74) is 0.649. The van der Waals surface area contributed by atoms with E-state index in [1.54, 1.807) is 0 Å². The lowest BCUT2D eigenvalue weighted by atomic mass is 10.0. The van der Waals surface area contributed by atoms with Crippen molar-refractivity contribution in [1.29, 1.82) is 0 Å². The highest BCUT2D eigenvalue weighted by molar-refractivity contribution is 9.25. The maximum atomic E-state index is 5.84. The van der Waals surface area contributed by atoms with E-state index in [-0.39, 0.29) is 0 Å². The van der Waals surface area contributed by atoms with Crippen molar-refractivity contribution in [2.75, 3.05) is 13.2 Å². The van der Waals surface area contributed by atoms with Crippen molar-refractivity contribution in [3.05, 3.63) is 0 Å². The third-order valence-corrected chi connectivity index (χ3v) is 9.01. The first-order valence-corrected chi connectivity index (χ1v) is 9.84. The van der Waals surface area contributed by atoms with E-state index in [1.807, 2.05) is 13.8 Å². The first kappa shape index (κ1) is 12.7. The van der Waals surface area contributed by atoms with Gasteiger partial charge in [-0.2, -0.15) is 0 Å². The molecule has 1 rings (SSSR count). The zero-order valence-corrected chi connectivity index (χ0v) is 11.8. The van der Waals surface area contributed by atoms with Gasteiger partial charge in [0.15, 0.2) is 0 Å². The molecule has 0 saturated heterocycles. The Labute approximate surface area is 96.2 Å². The van der Waals surface area contributed by atoms with Crippen LogP contribution in [0, 0.1) is 0 Å². The van der Waals surface area contributed by atoms with E-state index in [0.29, 0.717) is 5.54 Å². The molecule has 0 aromatic heterocycles. The van der Waals surface area contributed by atoms with Crippen LogP contribution in [0.3, 0.4) is 0 Å². The van der Waals surface area contributed by atoms with Crippen LogP contribution in [0.1, 0.15) is 46.0 Å². The minimum Gasteiger partial charge on any atom is -0.386 e. The van der Waals surface area contributed by atoms with Gasteiger partial charge in [0.05, 0.1) is 0 Å². The Hall–Kier alpha value is 0.617. The lowest BCUT2D eigenvalue weighted by Crippen LogP contribution is -2.41. The van der Waals surface area contributed by atoms with Crippen molar-refractivity contribution in [2.45, 2.75) is 51.5 Å². The zero-order chi connectivity index (χ0) is 10.4. The van der Waals surface area contributed by atoms with Crippen molar-refractivity contribution < 1.29 is 8.85 Å². The quantitative estimate of drug-likeness (QED) is 0.564. The molecule has 0 aliphatic heterocycles. The Balaban J connectivity index is 2.54. The normalized spacial score (nSPS) is 19.9. The molecule has 1 aliphatic rings. The third-order valence-electron chi connectivity index (χ3n) is 2.78. The van der Waals surface area contributed by atoms with Crippen LogP contribution < -0.4 is 0 Å². The van der Waals surface area contributed by atoms with E-state index in [1.165, 1.54) is 32.1 Å². The van der Waals surface area contributed by atoms with Gasteiger partial charge in [0.2, 0.25) is 0 Å². The van der Waals surface area contributed by atoms with Gasteiger partial charge in [-0.05, 0) is 26.7 Å². The molecule has 0 N–H and O–H groups in total. The highest BCUT2D eigenvalue weighted by Gasteiger charge is 2.43. The molecule has 0 bridgehead atoms. The SMILES string of the molecule is CCO[Si](Br)(OCC)C1CCCCC1. The Morgan fingerprint density at radius 1 is 1.07 bits per heavy atom. The highest BCUT2D eigenvalue weighted by Crippen LogP contribution is 2.41. The molecule has 14 heavy (non-hydrogen) atoms. The molecule has 4 heteroatoms. The third kappa shape index (κ3) is 3.33. The molecule has 0 radical (unpaired) electrons. The van der Waals surface area contributed by atoms with Crippen LogP contribution in [0.4, 0.5) is 0 Å². The van der Waals surface area contributed by atoms with Crippen LogP contribution >= 0.6 is 15.3 Å². The predicted octanol–water partition coefficient (Wildman–Crippen LogP) is 3.73. The molecule has 0 unspecified atom stereocenters. The second-order valence-electron chi connectivity index (χ2n) is 3.78. The maximum absolute atomic E-state index is 5.84.